The number of benzene rings is 1. The zero-order valence-corrected chi connectivity index (χ0v) is 11.1. The summed E-state index contributed by atoms with van der Waals surface area (Å²) in [4.78, 5) is 0. The van der Waals surface area contributed by atoms with Gasteiger partial charge in [-0.2, -0.15) is 18.3 Å². The predicted molar refractivity (Wildman–Crippen MR) is 64.2 cm³/mol. The van der Waals surface area contributed by atoms with Crippen molar-refractivity contribution in [2.24, 2.45) is 0 Å². The van der Waals surface area contributed by atoms with Gasteiger partial charge in [0.05, 0.1) is 6.04 Å². The summed E-state index contributed by atoms with van der Waals surface area (Å²) in [5.74, 6) is -0.480. The molecular formula is C13H10F6N2O. The smallest absolute Gasteiger partial charge is 0.405 e. The van der Waals surface area contributed by atoms with Gasteiger partial charge in [-0.1, -0.05) is 18.2 Å². The number of nitrogens with zero attached hydrogens (tertiary/aromatic N) is 2. The van der Waals surface area contributed by atoms with Gasteiger partial charge < -0.3 is 4.74 Å². The molecular weight excluding hydrogens is 314 g/mol. The Balaban J connectivity index is 2.34. The molecule has 0 spiro atoms. The fourth-order valence-electron chi connectivity index (χ4n) is 1.89. The maximum Gasteiger partial charge on any atom is 0.573 e. The van der Waals surface area contributed by atoms with E-state index in [-0.39, 0.29) is 5.56 Å². The lowest BCUT2D eigenvalue weighted by molar-refractivity contribution is -0.275. The molecule has 0 bridgehead atoms. The molecule has 120 valence electrons. The number of aromatic nitrogens is 2. The third-order valence-electron chi connectivity index (χ3n) is 2.89. The predicted octanol–water partition coefficient (Wildman–Crippen LogP) is 4.41. The van der Waals surface area contributed by atoms with Crippen LogP contribution in [0.5, 0.6) is 5.75 Å². The molecule has 0 fully saturated rings. The van der Waals surface area contributed by atoms with Gasteiger partial charge in [0.15, 0.2) is 5.69 Å². The molecule has 22 heavy (non-hydrogen) atoms. The number of alkyl halides is 6. The lowest BCUT2D eigenvalue weighted by Crippen LogP contribution is -2.19. The number of hydrogen-bond acceptors (Lipinski definition) is 2. The van der Waals surface area contributed by atoms with Crippen molar-refractivity contribution >= 4 is 0 Å². The van der Waals surface area contributed by atoms with E-state index < -0.39 is 30.0 Å². The molecule has 0 aliphatic rings. The van der Waals surface area contributed by atoms with Crippen LogP contribution in [0.1, 0.15) is 24.2 Å². The minimum atomic E-state index is -4.89. The van der Waals surface area contributed by atoms with Crippen LogP contribution >= 0.6 is 0 Å². The average molecular weight is 324 g/mol. The standard InChI is InChI=1S/C13H10F6N2O/c1-8(21-7-6-11(20-21)12(14,15)16)9-4-2-3-5-10(9)22-13(17,18)19/h2-8H,1H3. The monoisotopic (exact) mass is 324 g/mol. The Labute approximate surface area is 121 Å². The first kappa shape index (κ1) is 16.2. The van der Waals surface area contributed by atoms with Crippen LogP contribution in [0.3, 0.4) is 0 Å². The lowest BCUT2D eigenvalue weighted by Gasteiger charge is -2.18. The quantitative estimate of drug-likeness (QED) is 0.782. The highest BCUT2D eigenvalue weighted by Gasteiger charge is 2.35. The molecule has 0 radical (unpaired) electrons. The van der Waals surface area contributed by atoms with E-state index in [0.29, 0.717) is 0 Å². The van der Waals surface area contributed by atoms with E-state index in [4.69, 9.17) is 0 Å². The van der Waals surface area contributed by atoms with Crippen LogP contribution in [0.25, 0.3) is 0 Å². The number of ether oxygens (including phenoxy) is 1. The van der Waals surface area contributed by atoms with E-state index in [2.05, 4.69) is 9.84 Å². The number of rotatable bonds is 3. The summed E-state index contributed by atoms with van der Waals surface area (Å²) >= 11 is 0. The molecule has 1 atom stereocenters. The molecule has 0 saturated heterocycles. The maximum absolute atomic E-state index is 12.5. The van der Waals surface area contributed by atoms with Gasteiger partial charge >= 0.3 is 12.5 Å². The van der Waals surface area contributed by atoms with Gasteiger partial charge in [-0.3, -0.25) is 4.68 Å². The topological polar surface area (TPSA) is 27.1 Å². The van der Waals surface area contributed by atoms with Crippen molar-refractivity contribution in [1.82, 2.24) is 9.78 Å². The Morgan fingerprint density at radius 2 is 1.68 bits per heavy atom. The summed E-state index contributed by atoms with van der Waals surface area (Å²) in [5.41, 5.74) is -1.05. The summed E-state index contributed by atoms with van der Waals surface area (Å²) in [6.45, 7) is 1.42. The number of hydrogen-bond donors (Lipinski definition) is 0. The Morgan fingerprint density at radius 3 is 2.23 bits per heavy atom. The molecule has 1 aromatic carbocycles. The van der Waals surface area contributed by atoms with E-state index in [9.17, 15) is 26.3 Å². The Bertz CT molecular complexity index is 646. The van der Waals surface area contributed by atoms with Gasteiger partial charge in [0.25, 0.3) is 0 Å². The largest absolute Gasteiger partial charge is 0.573 e. The number of halogens is 6. The normalized spacial score (nSPS) is 14.0. The van der Waals surface area contributed by atoms with Gasteiger partial charge in [-0.05, 0) is 19.1 Å². The van der Waals surface area contributed by atoms with Crippen LogP contribution in [-0.4, -0.2) is 16.1 Å². The molecule has 2 rings (SSSR count). The second-order valence-corrected chi connectivity index (χ2v) is 4.44. The summed E-state index contributed by atoms with van der Waals surface area (Å²) in [5, 5.41) is 3.35. The third kappa shape index (κ3) is 3.71. The third-order valence-corrected chi connectivity index (χ3v) is 2.89. The van der Waals surface area contributed by atoms with Crippen molar-refractivity contribution in [3.8, 4) is 5.75 Å². The van der Waals surface area contributed by atoms with Crippen LogP contribution in [-0.2, 0) is 6.18 Å². The minimum Gasteiger partial charge on any atom is -0.405 e. The zero-order chi connectivity index (χ0) is 16.5. The van der Waals surface area contributed by atoms with E-state index in [0.717, 1.165) is 23.0 Å². The molecule has 9 heteroatoms. The van der Waals surface area contributed by atoms with Crippen molar-refractivity contribution in [2.75, 3.05) is 0 Å². The Morgan fingerprint density at radius 1 is 1.05 bits per heavy atom. The second kappa shape index (κ2) is 5.54. The van der Waals surface area contributed by atoms with E-state index in [1.807, 2.05) is 0 Å². The van der Waals surface area contributed by atoms with Crippen molar-refractivity contribution in [1.29, 1.82) is 0 Å². The van der Waals surface area contributed by atoms with Crippen LogP contribution in [0.15, 0.2) is 36.5 Å². The van der Waals surface area contributed by atoms with Gasteiger partial charge in [0.1, 0.15) is 5.75 Å². The summed E-state index contributed by atoms with van der Waals surface area (Å²) in [6, 6.07) is 5.11. The van der Waals surface area contributed by atoms with E-state index in [1.165, 1.54) is 25.1 Å². The summed E-state index contributed by atoms with van der Waals surface area (Å²) < 4.78 is 79.4. The SMILES string of the molecule is CC(c1ccccc1OC(F)(F)F)n1ccc(C(F)(F)F)n1. The summed E-state index contributed by atoms with van der Waals surface area (Å²) in [6.07, 6.45) is -8.46. The molecule has 1 aromatic heterocycles. The highest BCUT2D eigenvalue weighted by atomic mass is 19.4. The zero-order valence-electron chi connectivity index (χ0n) is 11.1. The average Bonchev–Trinajstić information content (AvgIpc) is 2.86. The molecule has 3 nitrogen and oxygen atoms in total. The highest BCUT2D eigenvalue weighted by molar-refractivity contribution is 5.36. The van der Waals surface area contributed by atoms with Gasteiger partial charge in [0, 0.05) is 11.8 Å². The molecule has 0 N–H and O–H groups in total. The molecule has 0 aliphatic carbocycles. The van der Waals surface area contributed by atoms with Gasteiger partial charge in [-0.15, -0.1) is 13.2 Å². The second-order valence-electron chi connectivity index (χ2n) is 4.44. The fraction of sp³-hybridized carbons (Fsp3) is 0.308. The van der Waals surface area contributed by atoms with E-state index in [1.54, 1.807) is 0 Å². The molecule has 0 aliphatic heterocycles. The lowest BCUT2D eigenvalue weighted by atomic mass is 10.1. The number of para-hydroxylation sites is 1. The maximum atomic E-state index is 12.5. The van der Waals surface area contributed by atoms with Crippen LogP contribution in [0, 0.1) is 0 Å². The van der Waals surface area contributed by atoms with Crippen molar-refractivity contribution < 1.29 is 31.1 Å². The summed E-state index contributed by atoms with van der Waals surface area (Å²) in [7, 11) is 0. The van der Waals surface area contributed by atoms with Crippen molar-refractivity contribution in [3.05, 3.63) is 47.8 Å². The molecule has 1 unspecified atom stereocenters. The van der Waals surface area contributed by atoms with Crippen molar-refractivity contribution in [3.63, 3.8) is 0 Å². The van der Waals surface area contributed by atoms with E-state index >= 15 is 0 Å². The van der Waals surface area contributed by atoms with Crippen LogP contribution < -0.4 is 4.74 Å². The first-order valence-electron chi connectivity index (χ1n) is 6.05. The van der Waals surface area contributed by atoms with Gasteiger partial charge in [-0.25, -0.2) is 0 Å². The first-order chi connectivity index (χ1) is 10.1. The molecule has 2 aromatic rings. The van der Waals surface area contributed by atoms with Crippen LogP contribution in [0.4, 0.5) is 26.3 Å². The van der Waals surface area contributed by atoms with Gasteiger partial charge in [0.2, 0.25) is 0 Å². The Hall–Kier alpha value is -2.19. The Kier molecular flexibility index (Phi) is 4.08. The van der Waals surface area contributed by atoms with Crippen LogP contribution in [0.2, 0.25) is 0 Å². The molecule has 0 amide bonds. The fourth-order valence-corrected chi connectivity index (χ4v) is 1.89. The van der Waals surface area contributed by atoms with Crippen molar-refractivity contribution in [2.45, 2.75) is 25.5 Å². The minimum absolute atomic E-state index is 0.0663. The first-order valence-corrected chi connectivity index (χ1v) is 6.05. The highest BCUT2D eigenvalue weighted by Crippen LogP contribution is 2.33. The molecule has 0 saturated carbocycles. The molecule has 1 heterocycles.